The highest BCUT2D eigenvalue weighted by Crippen LogP contribution is 2.02. The molecule has 1 aromatic rings. The number of nitrogens with one attached hydrogen (secondary N) is 1. The van der Waals surface area contributed by atoms with Gasteiger partial charge >= 0.3 is 0 Å². The lowest BCUT2D eigenvalue weighted by molar-refractivity contribution is -0.122. The molecule has 0 fully saturated rings. The second-order valence-corrected chi connectivity index (χ2v) is 4.51. The number of carbonyl (C=O) groups excluding carboxylic acids is 2. The van der Waals surface area contributed by atoms with Crippen molar-refractivity contribution in [2.45, 2.75) is 19.4 Å². The maximum absolute atomic E-state index is 12.0. The van der Waals surface area contributed by atoms with Crippen LogP contribution in [-0.4, -0.2) is 48.1 Å². The van der Waals surface area contributed by atoms with Crippen LogP contribution < -0.4 is 5.32 Å². The minimum absolute atomic E-state index is 0.00347. The summed E-state index contributed by atoms with van der Waals surface area (Å²) < 4.78 is 0. The van der Waals surface area contributed by atoms with Gasteiger partial charge < -0.3 is 15.3 Å². The van der Waals surface area contributed by atoms with Gasteiger partial charge in [0.15, 0.2) is 0 Å². The van der Waals surface area contributed by atoms with Gasteiger partial charge in [0.2, 0.25) is 5.91 Å². The number of hydrogen-bond donors (Lipinski definition) is 2. The van der Waals surface area contributed by atoms with Gasteiger partial charge in [-0.2, -0.15) is 0 Å². The molecule has 1 atom stereocenters. The van der Waals surface area contributed by atoms with Crippen molar-refractivity contribution in [2.24, 2.45) is 0 Å². The molecular formula is C14H20N2O3. The zero-order valence-corrected chi connectivity index (χ0v) is 11.3. The molecule has 0 aromatic heterocycles. The maximum Gasteiger partial charge on any atom is 0.254 e. The summed E-state index contributed by atoms with van der Waals surface area (Å²) in [6.45, 7) is 1.84. The highest BCUT2D eigenvalue weighted by atomic mass is 16.3. The van der Waals surface area contributed by atoms with Crippen LogP contribution in [-0.2, 0) is 4.79 Å². The minimum atomic E-state index is -0.229. The van der Waals surface area contributed by atoms with Crippen LogP contribution in [0, 0.1) is 0 Å². The molecule has 19 heavy (non-hydrogen) atoms. The molecule has 5 nitrogen and oxygen atoms in total. The van der Waals surface area contributed by atoms with Crippen molar-refractivity contribution in [3.05, 3.63) is 35.9 Å². The van der Waals surface area contributed by atoms with Gasteiger partial charge in [-0.25, -0.2) is 0 Å². The summed E-state index contributed by atoms with van der Waals surface area (Å²) in [6.07, 6.45) is 0.502. The molecule has 0 radical (unpaired) electrons. The van der Waals surface area contributed by atoms with E-state index in [0.29, 0.717) is 12.0 Å². The van der Waals surface area contributed by atoms with Crippen molar-refractivity contribution in [1.82, 2.24) is 10.2 Å². The fraction of sp³-hybridized carbons (Fsp3) is 0.429. The smallest absolute Gasteiger partial charge is 0.254 e. The second-order valence-electron chi connectivity index (χ2n) is 4.51. The van der Waals surface area contributed by atoms with Crippen LogP contribution in [0.3, 0.4) is 0 Å². The number of benzene rings is 1. The van der Waals surface area contributed by atoms with Crippen LogP contribution in [0.1, 0.15) is 23.7 Å². The molecule has 0 bridgehead atoms. The maximum atomic E-state index is 12.0. The van der Waals surface area contributed by atoms with Crippen LogP contribution in [0.5, 0.6) is 0 Å². The molecule has 2 amide bonds. The van der Waals surface area contributed by atoms with Gasteiger partial charge in [0.25, 0.3) is 5.91 Å². The molecule has 104 valence electrons. The zero-order chi connectivity index (χ0) is 14.3. The lowest BCUT2D eigenvalue weighted by Crippen LogP contribution is -2.42. The molecule has 1 aromatic carbocycles. The van der Waals surface area contributed by atoms with Crippen molar-refractivity contribution >= 4 is 11.8 Å². The number of hydrogen-bond acceptors (Lipinski definition) is 3. The number of likely N-dealkylation sites (N-methyl/N-ethyl adjacent to an activating group) is 1. The highest BCUT2D eigenvalue weighted by molar-refractivity contribution is 5.96. The van der Waals surface area contributed by atoms with Crippen LogP contribution >= 0.6 is 0 Å². The van der Waals surface area contributed by atoms with Gasteiger partial charge in [0.1, 0.15) is 0 Å². The highest BCUT2D eigenvalue weighted by Gasteiger charge is 2.15. The van der Waals surface area contributed by atoms with E-state index in [1.807, 2.05) is 13.0 Å². The summed E-state index contributed by atoms with van der Waals surface area (Å²) in [5.41, 5.74) is 0.557. The van der Waals surface area contributed by atoms with E-state index in [1.54, 1.807) is 31.3 Å². The number of carbonyl (C=O) groups is 2. The molecule has 0 aliphatic carbocycles. The molecule has 0 aliphatic rings. The van der Waals surface area contributed by atoms with Crippen molar-refractivity contribution in [1.29, 1.82) is 0 Å². The Kier molecular flexibility index (Phi) is 6.02. The predicted molar refractivity (Wildman–Crippen MR) is 72.7 cm³/mol. The Hall–Kier alpha value is -1.88. The molecule has 0 saturated heterocycles. The molecule has 1 rings (SSSR count). The molecule has 5 heteroatoms. The van der Waals surface area contributed by atoms with Gasteiger partial charge in [0.05, 0.1) is 6.54 Å². The number of aliphatic hydroxyl groups excluding tert-OH is 1. The second kappa shape index (κ2) is 7.53. The van der Waals surface area contributed by atoms with Gasteiger partial charge in [-0.05, 0) is 25.5 Å². The number of nitrogens with zero attached hydrogens (tertiary/aromatic N) is 1. The Morgan fingerprint density at radius 1 is 1.32 bits per heavy atom. The molecule has 1 unspecified atom stereocenters. The van der Waals surface area contributed by atoms with E-state index in [0.717, 1.165) is 0 Å². The third-order valence-corrected chi connectivity index (χ3v) is 2.72. The summed E-state index contributed by atoms with van der Waals surface area (Å²) in [4.78, 5) is 25.1. The Morgan fingerprint density at radius 3 is 2.53 bits per heavy atom. The van der Waals surface area contributed by atoms with E-state index in [1.165, 1.54) is 4.90 Å². The third-order valence-electron chi connectivity index (χ3n) is 2.72. The Balaban J connectivity index is 2.48. The Labute approximate surface area is 113 Å². The number of rotatable bonds is 6. The van der Waals surface area contributed by atoms with E-state index < -0.39 is 0 Å². The molecule has 0 heterocycles. The average Bonchev–Trinajstić information content (AvgIpc) is 2.38. The lowest BCUT2D eigenvalue weighted by atomic mass is 10.2. The first-order chi connectivity index (χ1) is 9.04. The van der Waals surface area contributed by atoms with Crippen molar-refractivity contribution in [3.8, 4) is 0 Å². The quantitative estimate of drug-likeness (QED) is 0.792. The number of aliphatic hydroxyl groups is 1. The normalized spacial score (nSPS) is 11.7. The standard InChI is InChI=1S/C14H20N2O3/c1-11(8-9-17)15-13(18)10-16(2)14(19)12-6-4-3-5-7-12/h3-7,11,17H,8-10H2,1-2H3,(H,15,18). The topological polar surface area (TPSA) is 69.6 Å². The first-order valence-electron chi connectivity index (χ1n) is 6.25. The van der Waals surface area contributed by atoms with E-state index in [-0.39, 0.29) is 31.0 Å². The van der Waals surface area contributed by atoms with E-state index in [4.69, 9.17) is 5.11 Å². The van der Waals surface area contributed by atoms with Crippen molar-refractivity contribution in [2.75, 3.05) is 20.2 Å². The first-order valence-corrected chi connectivity index (χ1v) is 6.25. The van der Waals surface area contributed by atoms with Crippen LogP contribution in [0.4, 0.5) is 0 Å². The fourth-order valence-electron chi connectivity index (χ4n) is 1.67. The molecule has 0 spiro atoms. The molecular weight excluding hydrogens is 244 g/mol. The summed E-state index contributed by atoms with van der Waals surface area (Å²) in [7, 11) is 1.59. The summed E-state index contributed by atoms with van der Waals surface area (Å²) in [6, 6.07) is 8.73. The molecule has 0 saturated carbocycles. The summed E-state index contributed by atoms with van der Waals surface area (Å²) in [5.74, 6) is -0.418. The summed E-state index contributed by atoms with van der Waals surface area (Å²) >= 11 is 0. The predicted octanol–water partition coefficient (Wildman–Crippen LogP) is 0.646. The molecule has 2 N–H and O–H groups in total. The van der Waals surface area contributed by atoms with E-state index in [9.17, 15) is 9.59 Å². The van der Waals surface area contributed by atoms with E-state index in [2.05, 4.69) is 5.32 Å². The SMILES string of the molecule is CC(CCO)NC(=O)CN(C)C(=O)c1ccccc1. The Bertz CT molecular complexity index is 420. The van der Waals surface area contributed by atoms with Crippen LogP contribution in [0.25, 0.3) is 0 Å². The van der Waals surface area contributed by atoms with Gasteiger partial charge in [-0.1, -0.05) is 18.2 Å². The van der Waals surface area contributed by atoms with Gasteiger partial charge in [0, 0.05) is 25.3 Å². The Morgan fingerprint density at radius 2 is 1.95 bits per heavy atom. The van der Waals surface area contributed by atoms with Gasteiger partial charge in [-0.3, -0.25) is 9.59 Å². The van der Waals surface area contributed by atoms with Gasteiger partial charge in [-0.15, -0.1) is 0 Å². The van der Waals surface area contributed by atoms with Crippen LogP contribution in [0.15, 0.2) is 30.3 Å². The largest absolute Gasteiger partial charge is 0.396 e. The number of amides is 2. The van der Waals surface area contributed by atoms with Crippen molar-refractivity contribution in [3.63, 3.8) is 0 Å². The van der Waals surface area contributed by atoms with E-state index >= 15 is 0 Å². The summed E-state index contributed by atoms with van der Waals surface area (Å²) in [5, 5.41) is 11.5. The molecule has 0 aliphatic heterocycles. The monoisotopic (exact) mass is 264 g/mol. The minimum Gasteiger partial charge on any atom is -0.396 e. The first kappa shape index (κ1) is 15.2. The fourth-order valence-corrected chi connectivity index (χ4v) is 1.67. The average molecular weight is 264 g/mol. The van der Waals surface area contributed by atoms with Crippen LogP contribution in [0.2, 0.25) is 0 Å². The zero-order valence-electron chi connectivity index (χ0n) is 11.3. The van der Waals surface area contributed by atoms with Crippen molar-refractivity contribution < 1.29 is 14.7 Å². The lowest BCUT2D eigenvalue weighted by Gasteiger charge is -2.19. The third kappa shape index (κ3) is 5.09.